The summed E-state index contributed by atoms with van der Waals surface area (Å²) in [5, 5.41) is 6.47. The quantitative estimate of drug-likeness (QED) is 0.687. The number of rotatable bonds is 5. The zero-order valence-corrected chi connectivity index (χ0v) is 16.0. The fraction of sp³-hybridized carbons (Fsp3) is 0.524. The minimum absolute atomic E-state index is 0.193. The number of amides is 2. The molecule has 2 aromatic rings. The average Bonchev–Trinajstić information content (AvgIpc) is 3.31. The van der Waals surface area contributed by atoms with Gasteiger partial charge in [-0.15, -0.1) is 0 Å². The summed E-state index contributed by atoms with van der Waals surface area (Å²) in [6, 6.07) is 8.01. The lowest BCUT2D eigenvalue weighted by Crippen LogP contribution is -2.44. The van der Waals surface area contributed by atoms with Gasteiger partial charge in [0.2, 0.25) is 0 Å². The molecule has 2 aliphatic rings. The summed E-state index contributed by atoms with van der Waals surface area (Å²) in [5.74, 6) is -1.71. The normalized spacial score (nSPS) is 21.1. The molecule has 7 nitrogen and oxygen atoms in total. The Morgan fingerprint density at radius 1 is 1.11 bits per heavy atom. The molecule has 1 spiro atoms. The van der Waals surface area contributed by atoms with Gasteiger partial charge in [0.1, 0.15) is 6.10 Å². The zero-order valence-electron chi connectivity index (χ0n) is 16.0. The molecule has 1 saturated carbocycles. The largest absolute Gasteiger partial charge is 0.361 e. The molecule has 2 amide bonds. The van der Waals surface area contributed by atoms with Gasteiger partial charge in [0, 0.05) is 43.0 Å². The molecule has 3 N–H and O–H groups in total. The molecule has 2 fully saturated rings. The van der Waals surface area contributed by atoms with Crippen LogP contribution in [0.4, 0.5) is 0 Å². The van der Waals surface area contributed by atoms with Crippen molar-refractivity contribution in [2.45, 2.75) is 50.4 Å². The highest BCUT2D eigenvalue weighted by atomic mass is 16.7. The van der Waals surface area contributed by atoms with Gasteiger partial charge in [0.05, 0.1) is 6.61 Å². The van der Waals surface area contributed by atoms with Crippen molar-refractivity contribution in [1.29, 1.82) is 0 Å². The molecule has 1 aliphatic carbocycles. The molecule has 4 rings (SSSR count). The molecular formula is C21H27N3O4. The molecule has 0 unspecified atom stereocenters. The predicted octanol–water partition coefficient (Wildman–Crippen LogP) is 2.02. The van der Waals surface area contributed by atoms with Gasteiger partial charge >= 0.3 is 11.8 Å². The van der Waals surface area contributed by atoms with Crippen LogP contribution in [-0.2, 0) is 25.5 Å². The van der Waals surface area contributed by atoms with Gasteiger partial charge in [-0.2, -0.15) is 0 Å². The van der Waals surface area contributed by atoms with E-state index in [0.717, 1.165) is 42.1 Å². The van der Waals surface area contributed by atoms with E-state index in [1.807, 2.05) is 30.5 Å². The number of benzene rings is 1. The SMILES string of the molecule is O=C(NCCc1c[nH]c2ccccc12)C(=O)NC[C@H]1COC2(CCCCC2)O1. The summed E-state index contributed by atoms with van der Waals surface area (Å²) < 4.78 is 11.9. The monoisotopic (exact) mass is 385 g/mol. The molecule has 1 aromatic heterocycles. The van der Waals surface area contributed by atoms with Crippen molar-refractivity contribution in [1.82, 2.24) is 15.6 Å². The van der Waals surface area contributed by atoms with Crippen LogP contribution in [0, 0.1) is 0 Å². The van der Waals surface area contributed by atoms with Crippen molar-refractivity contribution in [3.8, 4) is 0 Å². The van der Waals surface area contributed by atoms with Crippen LogP contribution in [-0.4, -0.2) is 48.4 Å². The van der Waals surface area contributed by atoms with Crippen molar-refractivity contribution in [2.24, 2.45) is 0 Å². The topological polar surface area (TPSA) is 92.5 Å². The molecule has 0 bridgehead atoms. The van der Waals surface area contributed by atoms with Crippen LogP contribution in [0.5, 0.6) is 0 Å². The highest BCUT2D eigenvalue weighted by Crippen LogP contribution is 2.37. The maximum absolute atomic E-state index is 12.0. The minimum atomic E-state index is -0.632. The summed E-state index contributed by atoms with van der Waals surface area (Å²) in [6.07, 6.45) is 7.66. The average molecular weight is 385 g/mol. The van der Waals surface area contributed by atoms with Crippen molar-refractivity contribution in [3.63, 3.8) is 0 Å². The number of fused-ring (bicyclic) bond motifs is 1. The first kappa shape index (κ1) is 19.0. The van der Waals surface area contributed by atoms with Gasteiger partial charge in [-0.05, 0) is 30.9 Å². The van der Waals surface area contributed by atoms with Crippen LogP contribution in [0.25, 0.3) is 10.9 Å². The van der Waals surface area contributed by atoms with Gasteiger partial charge in [0.15, 0.2) is 5.79 Å². The first-order valence-electron chi connectivity index (χ1n) is 10.1. The third-order valence-corrected chi connectivity index (χ3v) is 5.58. The van der Waals surface area contributed by atoms with E-state index in [1.165, 1.54) is 6.42 Å². The van der Waals surface area contributed by atoms with Crippen LogP contribution in [0.3, 0.4) is 0 Å². The Morgan fingerprint density at radius 3 is 2.75 bits per heavy atom. The number of aromatic amines is 1. The summed E-state index contributed by atoms with van der Waals surface area (Å²) in [4.78, 5) is 27.3. The Morgan fingerprint density at radius 2 is 1.89 bits per heavy atom. The molecule has 1 saturated heterocycles. The Balaban J connectivity index is 1.18. The Hall–Kier alpha value is -2.38. The van der Waals surface area contributed by atoms with Gasteiger partial charge in [0.25, 0.3) is 0 Å². The van der Waals surface area contributed by atoms with Gasteiger partial charge in [-0.25, -0.2) is 0 Å². The van der Waals surface area contributed by atoms with E-state index in [2.05, 4.69) is 15.6 Å². The molecular weight excluding hydrogens is 358 g/mol. The van der Waals surface area contributed by atoms with Gasteiger partial charge in [-0.1, -0.05) is 24.6 Å². The van der Waals surface area contributed by atoms with E-state index in [4.69, 9.17) is 9.47 Å². The number of carbonyl (C=O) groups is 2. The van der Waals surface area contributed by atoms with E-state index in [1.54, 1.807) is 0 Å². The maximum Gasteiger partial charge on any atom is 0.309 e. The summed E-state index contributed by atoms with van der Waals surface area (Å²) >= 11 is 0. The van der Waals surface area contributed by atoms with Gasteiger partial charge in [-0.3, -0.25) is 9.59 Å². The second kappa shape index (κ2) is 8.32. The second-order valence-corrected chi connectivity index (χ2v) is 7.60. The molecule has 28 heavy (non-hydrogen) atoms. The fourth-order valence-corrected chi connectivity index (χ4v) is 4.09. The minimum Gasteiger partial charge on any atom is -0.361 e. The molecule has 1 atom stereocenters. The van der Waals surface area contributed by atoms with E-state index in [0.29, 0.717) is 19.6 Å². The first-order valence-corrected chi connectivity index (χ1v) is 10.1. The number of hydrogen-bond donors (Lipinski definition) is 3. The van der Waals surface area contributed by atoms with Crippen molar-refractivity contribution in [3.05, 3.63) is 36.0 Å². The lowest BCUT2D eigenvalue weighted by atomic mass is 9.94. The number of hydrogen-bond acceptors (Lipinski definition) is 4. The smallest absolute Gasteiger partial charge is 0.309 e. The van der Waals surface area contributed by atoms with E-state index in [-0.39, 0.29) is 12.6 Å². The van der Waals surface area contributed by atoms with E-state index >= 15 is 0 Å². The first-order chi connectivity index (χ1) is 13.7. The number of carbonyl (C=O) groups excluding carboxylic acids is 2. The number of H-pyrrole nitrogens is 1. The molecule has 150 valence electrons. The molecule has 1 aromatic carbocycles. The Kier molecular flexibility index (Phi) is 5.64. The lowest BCUT2D eigenvalue weighted by molar-refractivity contribution is -0.186. The molecule has 0 radical (unpaired) electrons. The highest BCUT2D eigenvalue weighted by Gasteiger charge is 2.42. The standard InChI is InChI=1S/C21H27N3O4/c25-19(22-11-8-15-12-23-18-7-3-2-6-17(15)18)20(26)24-13-16-14-27-21(28-16)9-4-1-5-10-21/h2-3,6-7,12,16,23H,1,4-5,8-11,13-14H2,(H,22,25)(H,24,26)/t16-/m0/s1. The summed E-state index contributed by atoms with van der Waals surface area (Å²) in [7, 11) is 0. The van der Waals surface area contributed by atoms with E-state index in [9.17, 15) is 9.59 Å². The highest BCUT2D eigenvalue weighted by molar-refractivity contribution is 6.35. The third-order valence-electron chi connectivity index (χ3n) is 5.58. The number of para-hydroxylation sites is 1. The van der Waals surface area contributed by atoms with E-state index < -0.39 is 17.6 Å². The van der Waals surface area contributed by atoms with Gasteiger partial charge < -0.3 is 25.1 Å². The molecule has 2 heterocycles. The lowest BCUT2D eigenvalue weighted by Gasteiger charge is -2.31. The Labute approximate surface area is 164 Å². The Bertz CT molecular complexity index is 841. The summed E-state index contributed by atoms with van der Waals surface area (Å²) in [6.45, 7) is 1.15. The maximum atomic E-state index is 12.0. The molecule has 1 aliphatic heterocycles. The third kappa shape index (κ3) is 4.20. The fourth-order valence-electron chi connectivity index (χ4n) is 4.09. The van der Waals surface area contributed by atoms with Crippen LogP contribution in [0.15, 0.2) is 30.5 Å². The van der Waals surface area contributed by atoms with Crippen LogP contribution in [0.2, 0.25) is 0 Å². The van der Waals surface area contributed by atoms with Crippen LogP contribution >= 0.6 is 0 Å². The number of ether oxygens (including phenoxy) is 2. The second-order valence-electron chi connectivity index (χ2n) is 7.60. The number of aromatic nitrogens is 1. The summed E-state index contributed by atoms with van der Waals surface area (Å²) in [5.41, 5.74) is 2.18. The van der Waals surface area contributed by atoms with Crippen molar-refractivity contribution >= 4 is 22.7 Å². The zero-order chi connectivity index (χ0) is 19.4. The van der Waals surface area contributed by atoms with Crippen LogP contribution in [0.1, 0.15) is 37.7 Å². The predicted molar refractivity (Wildman–Crippen MR) is 105 cm³/mol. The van der Waals surface area contributed by atoms with Crippen molar-refractivity contribution < 1.29 is 19.1 Å². The molecule has 7 heteroatoms. The van der Waals surface area contributed by atoms with Crippen molar-refractivity contribution in [2.75, 3.05) is 19.7 Å². The van der Waals surface area contributed by atoms with Crippen LogP contribution < -0.4 is 10.6 Å². The number of nitrogens with one attached hydrogen (secondary N) is 3.